The molecule has 1 aromatic rings. The number of nitrogens with one attached hydrogen (secondary N) is 2. The first-order valence-corrected chi connectivity index (χ1v) is 7.89. The van der Waals surface area contributed by atoms with Gasteiger partial charge < -0.3 is 20.5 Å². The molecule has 0 aliphatic heterocycles. The Bertz CT molecular complexity index is 608. The van der Waals surface area contributed by atoms with Gasteiger partial charge >= 0.3 is 5.97 Å². The lowest BCUT2D eigenvalue weighted by Gasteiger charge is -2.36. The number of carbonyl (C=O) groups is 3. The first-order chi connectivity index (χ1) is 11.5. The maximum Gasteiger partial charge on any atom is 0.310 e. The number of carboxylic acids is 1. The van der Waals surface area contributed by atoms with E-state index in [1.807, 2.05) is 0 Å². The SMILES string of the molecule is COc1ccc(C(=O)NCCNC(=O)CC2(C(=O)O)CCC2)cc1. The lowest BCUT2D eigenvalue weighted by Crippen LogP contribution is -2.43. The second kappa shape index (κ2) is 7.81. The van der Waals surface area contributed by atoms with Crippen LogP contribution in [0.4, 0.5) is 0 Å². The Morgan fingerprint density at radius 3 is 2.25 bits per heavy atom. The number of carbonyl (C=O) groups excluding carboxylic acids is 2. The van der Waals surface area contributed by atoms with Gasteiger partial charge in [-0.3, -0.25) is 14.4 Å². The van der Waals surface area contributed by atoms with Crippen molar-refractivity contribution in [1.29, 1.82) is 0 Å². The molecular weight excluding hydrogens is 312 g/mol. The van der Waals surface area contributed by atoms with Crippen molar-refractivity contribution in [1.82, 2.24) is 10.6 Å². The van der Waals surface area contributed by atoms with Gasteiger partial charge in [-0.25, -0.2) is 0 Å². The van der Waals surface area contributed by atoms with Crippen LogP contribution in [-0.2, 0) is 9.59 Å². The van der Waals surface area contributed by atoms with E-state index in [1.165, 1.54) is 0 Å². The molecule has 1 aromatic carbocycles. The third kappa shape index (κ3) is 4.24. The van der Waals surface area contributed by atoms with Crippen LogP contribution in [0, 0.1) is 5.41 Å². The van der Waals surface area contributed by atoms with E-state index in [1.54, 1.807) is 31.4 Å². The first-order valence-electron chi connectivity index (χ1n) is 7.89. The number of carboxylic acid groups (broad SMARTS) is 1. The summed E-state index contributed by atoms with van der Waals surface area (Å²) >= 11 is 0. The van der Waals surface area contributed by atoms with Crippen molar-refractivity contribution in [2.45, 2.75) is 25.7 Å². The van der Waals surface area contributed by atoms with Crippen LogP contribution in [0.1, 0.15) is 36.0 Å². The van der Waals surface area contributed by atoms with Gasteiger partial charge in [-0.2, -0.15) is 0 Å². The summed E-state index contributed by atoms with van der Waals surface area (Å²) in [4.78, 5) is 35.0. The van der Waals surface area contributed by atoms with Crippen molar-refractivity contribution in [3.8, 4) is 5.75 Å². The molecule has 7 nitrogen and oxygen atoms in total. The van der Waals surface area contributed by atoms with Gasteiger partial charge in [-0.15, -0.1) is 0 Å². The van der Waals surface area contributed by atoms with Crippen LogP contribution in [0.3, 0.4) is 0 Å². The Labute approximate surface area is 140 Å². The minimum absolute atomic E-state index is 0.00520. The molecule has 7 heteroatoms. The monoisotopic (exact) mass is 334 g/mol. The van der Waals surface area contributed by atoms with Gasteiger partial charge in [-0.05, 0) is 37.1 Å². The predicted molar refractivity (Wildman–Crippen MR) is 86.9 cm³/mol. The molecule has 2 rings (SSSR count). The van der Waals surface area contributed by atoms with Gasteiger partial charge in [0.15, 0.2) is 0 Å². The molecule has 0 spiro atoms. The Morgan fingerprint density at radius 1 is 1.12 bits per heavy atom. The summed E-state index contributed by atoms with van der Waals surface area (Å²) in [6, 6.07) is 6.70. The zero-order valence-corrected chi connectivity index (χ0v) is 13.6. The molecule has 1 fully saturated rings. The Kier molecular flexibility index (Phi) is 5.78. The van der Waals surface area contributed by atoms with Crippen LogP contribution < -0.4 is 15.4 Å². The van der Waals surface area contributed by atoms with Crippen LogP contribution in [0.5, 0.6) is 5.75 Å². The molecule has 0 aromatic heterocycles. The molecule has 1 aliphatic rings. The molecule has 1 saturated carbocycles. The summed E-state index contributed by atoms with van der Waals surface area (Å²) in [6.07, 6.45) is 1.93. The molecule has 0 bridgehead atoms. The molecule has 0 saturated heterocycles. The van der Waals surface area contributed by atoms with Crippen molar-refractivity contribution in [2.75, 3.05) is 20.2 Å². The van der Waals surface area contributed by atoms with E-state index in [0.29, 0.717) is 24.2 Å². The van der Waals surface area contributed by atoms with Crippen LogP contribution in [-0.4, -0.2) is 43.1 Å². The zero-order valence-electron chi connectivity index (χ0n) is 13.6. The maximum atomic E-state index is 11.9. The fourth-order valence-corrected chi connectivity index (χ4v) is 2.66. The number of hydrogen-bond acceptors (Lipinski definition) is 4. The van der Waals surface area contributed by atoms with Crippen molar-refractivity contribution >= 4 is 17.8 Å². The fourth-order valence-electron chi connectivity index (χ4n) is 2.66. The van der Waals surface area contributed by atoms with Crippen molar-refractivity contribution < 1.29 is 24.2 Å². The molecular formula is C17H22N2O5. The molecule has 0 heterocycles. The molecule has 0 radical (unpaired) electrons. The average Bonchev–Trinajstić information content (AvgIpc) is 2.54. The van der Waals surface area contributed by atoms with Crippen molar-refractivity contribution in [3.05, 3.63) is 29.8 Å². The molecule has 3 N–H and O–H groups in total. The normalized spacial score (nSPS) is 15.0. The number of methoxy groups -OCH3 is 1. The van der Waals surface area contributed by atoms with E-state index in [2.05, 4.69) is 10.6 Å². The van der Waals surface area contributed by atoms with Gasteiger partial charge in [-0.1, -0.05) is 6.42 Å². The molecule has 130 valence electrons. The number of ether oxygens (including phenoxy) is 1. The summed E-state index contributed by atoms with van der Waals surface area (Å²) < 4.78 is 5.02. The van der Waals surface area contributed by atoms with Gasteiger partial charge in [0.1, 0.15) is 5.75 Å². The minimum Gasteiger partial charge on any atom is -0.497 e. The zero-order chi connectivity index (χ0) is 17.6. The highest BCUT2D eigenvalue weighted by molar-refractivity contribution is 5.94. The number of benzene rings is 1. The van der Waals surface area contributed by atoms with Crippen LogP contribution in [0.25, 0.3) is 0 Å². The van der Waals surface area contributed by atoms with Gasteiger partial charge in [0.05, 0.1) is 12.5 Å². The quantitative estimate of drug-likeness (QED) is 0.619. The summed E-state index contributed by atoms with van der Waals surface area (Å²) in [6.45, 7) is 0.535. The largest absolute Gasteiger partial charge is 0.497 e. The first kappa shape index (κ1) is 17.8. The third-order valence-electron chi connectivity index (χ3n) is 4.35. The number of aliphatic carboxylic acids is 1. The summed E-state index contributed by atoms with van der Waals surface area (Å²) in [5.41, 5.74) is -0.391. The number of hydrogen-bond donors (Lipinski definition) is 3. The van der Waals surface area contributed by atoms with Crippen molar-refractivity contribution in [3.63, 3.8) is 0 Å². The highest BCUT2D eigenvalue weighted by Crippen LogP contribution is 2.44. The Balaban J connectivity index is 1.69. The highest BCUT2D eigenvalue weighted by Gasteiger charge is 2.45. The highest BCUT2D eigenvalue weighted by atomic mass is 16.5. The molecule has 0 atom stereocenters. The second-order valence-corrected chi connectivity index (χ2v) is 5.95. The topological polar surface area (TPSA) is 105 Å². The molecule has 0 unspecified atom stereocenters. The molecule has 2 amide bonds. The molecule has 24 heavy (non-hydrogen) atoms. The summed E-state index contributed by atoms with van der Waals surface area (Å²) in [5.74, 6) is -0.775. The maximum absolute atomic E-state index is 11.9. The van der Waals surface area contributed by atoms with E-state index in [-0.39, 0.29) is 31.3 Å². The Morgan fingerprint density at radius 2 is 1.75 bits per heavy atom. The average molecular weight is 334 g/mol. The lowest BCUT2D eigenvalue weighted by molar-refractivity contribution is -0.157. The minimum atomic E-state index is -0.906. The van der Waals surface area contributed by atoms with Crippen LogP contribution in [0.15, 0.2) is 24.3 Å². The van der Waals surface area contributed by atoms with Gasteiger partial charge in [0.2, 0.25) is 5.91 Å². The van der Waals surface area contributed by atoms with Gasteiger partial charge in [0, 0.05) is 25.1 Å². The van der Waals surface area contributed by atoms with Crippen LogP contribution in [0.2, 0.25) is 0 Å². The number of rotatable bonds is 8. The summed E-state index contributed by atoms with van der Waals surface area (Å²) in [5, 5.41) is 14.5. The predicted octanol–water partition coefficient (Wildman–Crippen LogP) is 1.19. The smallest absolute Gasteiger partial charge is 0.310 e. The third-order valence-corrected chi connectivity index (χ3v) is 4.35. The van der Waals surface area contributed by atoms with E-state index in [0.717, 1.165) is 6.42 Å². The summed E-state index contributed by atoms with van der Waals surface area (Å²) in [7, 11) is 1.55. The van der Waals surface area contributed by atoms with Gasteiger partial charge in [0.25, 0.3) is 5.91 Å². The number of amides is 2. The van der Waals surface area contributed by atoms with Crippen LogP contribution >= 0.6 is 0 Å². The van der Waals surface area contributed by atoms with E-state index in [4.69, 9.17) is 4.74 Å². The second-order valence-electron chi connectivity index (χ2n) is 5.95. The molecule has 1 aliphatic carbocycles. The standard InChI is InChI=1S/C17H22N2O5/c1-24-13-5-3-12(4-6-13)15(21)19-10-9-18-14(20)11-17(16(22)23)7-2-8-17/h3-6H,2,7-11H2,1H3,(H,18,20)(H,19,21)(H,22,23). The van der Waals surface area contributed by atoms with E-state index in [9.17, 15) is 19.5 Å². The fraction of sp³-hybridized carbons (Fsp3) is 0.471. The Hall–Kier alpha value is -2.57. The lowest BCUT2D eigenvalue weighted by atomic mass is 9.66. The van der Waals surface area contributed by atoms with Crippen molar-refractivity contribution in [2.24, 2.45) is 5.41 Å². The van der Waals surface area contributed by atoms with E-state index < -0.39 is 11.4 Å². The van der Waals surface area contributed by atoms with E-state index >= 15 is 0 Å².